The summed E-state index contributed by atoms with van der Waals surface area (Å²) < 4.78 is 18.0. The fraction of sp³-hybridized carbons (Fsp3) is 0.462. The lowest BCUT2D eigenvalue weighted by molar-refractivity contribution is -0.147. The van der Waals surface area contributed by atoms with Gasteiger partial charge in [0.1, 0.15) is 5.82 Å². The summed E-state index contributed by atoms with van der Waals surface area (Å²) in [6.07, 6.45) is 0.730. The molecular formula is C13H16FNO2. The fourth-order valence-corrected chi connectivity index (χ4v) is 2.38. The van der Waals surface area contributed by atoms with Gasteiger partial charge in [-0.15, -0.1) is 0 Å². The number of rotatable bonds is 2. The summed E-state index contributed by atoms with van der Waals surface area (Å²) in [5, 5.41) is 3.23. The second-order valence-corrected chi connectivity index (χ2v) is 4.28. The number of ether oxygens (including phenoxy) is 1. The van der Waals surface area contributed by atoms with E-state index >= 15 is 0 Å². The first kappa shape index (κ1) is 12.0. The Labute approximate surface area is 100.0 Å². The molecule has 1 aliphatic rings. The van der Waals surface area contributed by atoms with Gasteiger partial charge in [0.2, 0.25) is 0 Å². The minimum atomic E-state index is -0.267. The molecule has 2 unspecified atom stereocenters. The topological polar surface area (TPSA) is 38.3 Å². The summed E-state index contributed by atoms with van der Waals surface area (Å²) in [5.41, 5.74) is 0.854. The SMILES string of the molecule is COC(=O)C1CCNCC1c1cccc(F)c1. The van der Waals surface area contributed by atoms with E-state index < -0.39 is 0 Å². The van der Waals surface area contributed by atoms with E-state index in [9.17, 15) is 9.18 Å². The number of carbonyl (C=O) groups is 1. The van der Waals surface area contributed by atoms with Crippen molar-refractivity contribution in [1.82, 2.24) is 5.32 Å². The average molecular weight is 237 g/mol. The largest absolute Gasteiger partial charge is 0.469 e. The summed E-state index contributed by atoms with van der Waals surface area (Å²) in [5.74, 6) is -0.660. The number of hydrogen-bond donors (Lipinski definition) is 1. The number of piperidine rings is 1. The highest BCUT2D eigenvalue weighted by Gasteiger charge is 2.32. The normalized spacial score (nSPS) is 24.4. The molecule has 1 aliphatic heterocycles. The maximum Gasteiger partial charge on any atom is 0.309 e. The second-order valence-electron chi connectivity index (χ2n) is 4.28. The summed E-state index contributed by atoms with van der Waals surface area (Å²) in [6.45, 7) is 1.48. The quantitative estimate of drug-likeness (QED) is 0.795. The van der Waals surface area contributed by atoms with Crippen molar-refractivity contribution in [2.24, 2.45) is 5.92 Å². The van der Waals surface area contributed by atoms with Crippen LogP contribution in [0.1, 0.15) is 17.9 Å². The molecular weight excluding hydrogens is 221 g/mol. The Kier molecular flexibility index (Phi) is 3.74. The molecule has 0 radical (unpaired) electrons. The van der Waals surface area contributed by atoms with E-state index in [0.29, 0.717) is 6.54 Å². The van der Waals surface area contributed by atoms with Crippen molar-refractivity contribution in [2.75, 3.05) is 20.2 Å². The third-order valence-electron chi connectivity index (χ3n) is 3.26. The van der Waals surface area contributed by atoms with Crippen LogP contribution in [0.3, 0.4) is 0 Å². The van der Waals surface area contributed by atoms with Crippen LogP contribution in [0.5, 0.6) is 0 Å². The van der Waals surface area contributed by atoms with Crippen LogP contribution in [0.4, 0.5) is 4.39 Å². The van der Waals surface area contributed by atoms with Gasteiger partial charge in [-0.2, -0.15) is 0 Å². The lowest BCUT2D eigenvalue weighted by Gasteiger charge is -2.30. The number of benzene rings is 1. The molecule has 1 N–H and O–H groups in total. The Morgan fingerprint density at radius 1 is 1.53 bits per heavy atom. The van der Waals surface area contributed by atoms with Crippen LogP contribution >= 0.6 is 0 Å². The molecule has 0 aliphatic carbocycles. The first-order valence-corrected chi connectivity index (χ1v) is 5.76. The minimum absolute atomic E-state index is 0.00750. The molecule has 3 nitrogen and oxygen atoms in total. The molecule has 0 saturated carbocycles. The number of halogens is 1. The van der Waals surface area contributed by atoms with E-state index in [-0.39, 0.29) is 23.6 Å². The molecule has 1 saturated heterocycles. The Balaban J connectivity index is 2.24. The smallest absolute Gasteiger partial charge is 0.309 e. The van der Waals surface area contributed by atoms with Gasteiger partial charge in [0, 0.05) is 12.5 Å². The van der Waals surface area contributed by atoms with Crippen molar-refractivity contribution in [2.45, 2.75) is 12.3 Å². The van der Waals surface area contributed by atoms with E-state index in [1.165, 1.54) is 19.2 Å². The van der Waals surface area contributed by atoms with Crippen LogP contribution in [0.15, 0.2) is 24.3 Å². The van der Waals surface area contributed by atoms with Crippen LogP contribution in [-0.4, -0.2) is 26.2 Å². The van der Waals surface area contributed by atoms with Crippen molar-refractivity contribution in [3.05, 3.63) is 35.6 Å². The Morgan fingerprint density at radius 3 is 3.06 bits per heavy atom. The van der Waals surface area contributed by atoms with E-state index in [4.69, 9.17) is 4.74 Å². The first-order chi connectivity index (χ1) is 8.22. The monoisotopic (exact) mass is 237 g/mol. The molecule has 0 aromatic heterocycles. The van der Waals surface area contributed by atoms with Gasteiger partial charge in [0.05, 0.1) is 13.0 Å². The fourth-order valence-electron chi connectivity index (χ4n) is 2.38. The van der Waals surface area contributed by atoms with E-state index in [1.54, 1.807) is 6.07 Å². The molecule has 0 bridgehead atoms. The zero-order valence-corrected chi connectivity index (χ0v) is 9.78. The molecule has 2 atom stereocenters. The molecule has 92 valence electrons. The highest BCUT2D eigenvalue weighted by atomic mass is 19.1. The predicted octanol–water partition coefficient (Wildman–Crippen LogP) is 1.69. The van der Waals surface area contributed by atoms with Gasteiger partial charge < -0.3 is 10.1 Å². The van der Waals surface area contributed by atoms with Gasteiger partial charge in [-0.25, -0.2) is 4.39 Å². The van der Waals surface area contributed by atoms with Crippen LogP contribution in [0.2, 0.25) is 0 Å². The molecule has 0 amide bonds. The standard InChI is InChI=1S/C13H16FNO2/c1-17-13(16)11-5-6-15-8-12(11)9-3-2-4-10(14)7-9/h2-4,7,11-12,15H,5-6,8H2,1H3. The summed E-state index contributed by atoms with van der Waals surface area (Å²) in [4.78, 5) is 11.7. The molecule has 1 heterocycles. The van der Waals surface area contributed by atoms with Gasteiger partial charge in [-0.1, -0.05) is 12.1 Å². The Bertz CT molecular complexity index is 408. The van der Waals surface area contributed by atoms with Crippen molar-refractivity contribution in [3.8, 4) is 0 Å². The number of hydrogen-bond acceptors (Lipinski definition) is 3. The van der Waals surface area contributed by atoms with Crippen LogP contribution in [0.25, 0.3) is 0 Å². The van der Waals surface area contributed by atoms with Crippen molar-refractivity contribution >= 4 is 5.97 Å². The van der Waals surface area contributed by atoms with E-state index in [0.717, 1.165) is 18.5 Å². The maximum atomic E-state index is 13.2. The Hall–Kier alpha value is -1.42. The highest BCUT2D eigenvalue weighted by Crippen LogP contribution is 2.30. The lowest BCUT2D eigenvalue weighted by Crippen LogP contribution is -2.39. The van der Waals surface area contributed by atoms with Crippen molar-refractivity contribution in [3.63, 3.8) is 0 Å². The molecule has 2 rings (SSSR count). The number of carbonyl (C=O) groups excluding carboxylic acids is 1. The molecule has 17 heavy (non-hydrogen) atoms. The number of nitrogens with one attached hydrogen (secondary N) is 1. The zero-order valence-electron chi connectivity index (χ0n) is 9.78. The third kappa shape index (κ3) is 2.64. The second kappa shape index (κ2) is 5.27. The minimum Gasteiger partial charge on any atom is -0.469 e. The van der Waals surface area contributed by atoms with Crippen LogP contribution in [0, 0.1) is 11.7 Å². The maximum absolute atomic E-state index is 13.2. The summed E-state index contributed by atoms with van der Waals surface area (Å²) in [7, 11) is 1.40. The summed E-state index contributed by atoms with van der Waals surface area (Å²) >= 11 is 0. The van der Waals surface area contributed by atoms with Crippen LogP contribution < -0.4 is 5.32 Å². The lowest BCUT2D eigenvalue weighted by atomic mass is 9.81. The third-order valence-corrected chi connectivity index (χ3v) is 3.26. The molecule has 0 spiro atoms. The first-order valence-electron chi connectivity index (χ1n) is 5.76. The van der Waals surface area contributed by atoms with Crippen molar-refractivity contribution < 1.29 is 13.9 Å². The molecule has 1 fully saturated rings. The van der Waals surface area contributed by atoms with Gasteiger partial charge >= 0.3 is 5.97 Å². The average Bonchev–Trinajstić information content (AvgIpc) is 2.38. The number of methoxy groups -OCH3 is 1. The van der Waals surface area contributed by atoms with Gasteiger partial charge in [0.15, 0.2) is 0 Å². The Morgan fingerprint density at radius 2 is 2.35 bits per heavy atom. The summed E-state index contributed by atoms with van der Waals surface area (Å²) in [6, 6.07) is 6.44. The molecule has 1 aromatic rings. The predicted molar refractivity (Wildman–Crippen MR) is 62.1 cm³/mol. The highest BCUT2D eigenvalue weighted by molar-refractivity contribution is 5.73. The molecule has 4 heteroatoms. The van der Waals surface area contributed by atoms with Gasteiger partial charge in [0.25, 0.3) is 0 Å². The number of esters is 1. The van der Waals surface area contributed by atoms with Gasteiger partial charge in [-0.05, 0) is 30.7 Å². The zero-order chi connectivity index (χ0) is 12.3. The molecule has 1 aromatic carbocycles. The van der Waals surface area contributed by atoms with E-state index in [1.807, 2.05) is 6.07 Å². The van der Waals surface area contributed by atoms with E-state index in [2.05, 4.69) is 5.32 Å². The van der Waals surface area contributed by atoms with Crippen molar-refractivity contribution in [1.29, 1.82) is 0 Å². The van der Waals surface area contributed by atoms with Gasteiger partial charge in [-0.3, -0.25) is 4.79 Å². The van der Waals surface area contributed by atoms with Crippen LogP contribution in [-0.2, 0) is 9.53 Å².